The lowest BCUT2D eigenvalue weighted by Crippen LogP contribution is -2.19. The first-order chi connectivity index (χ1) is 12.0. The lowest BCUT2D eigenvalue weighted by atomic mass is 10.2. The molecular weight excluding hydrogens is 332 g/mol. The third-order valence-electron chi connectivity index (χ3n) is 3.26. The van der Waals surface area contributed by atoms with Gasteiger partial charge >= 0.3 is 0 Å². The molecule has 2 aromatic carbocycles. The number of nitrogens with one attached hydrogen (secondary N) is 1. The van der Waals surface area contributed by atoms with Crippen LogP contribution in [-0.4, -0.2) is 24.5 Å². The second kappa shape index (κ2) is 9.89. The Morgan fingerprint density at radius 3 is 2.48 bits per heavy atom. The first-order valence-corrected chi connectivity index (χ1v) is 9.26. The number of hydrazone groups is 1. The number of aryl methyl sites for hydroxylation is 1. The minimum absolute atomic E-state index is 0.126. The van der Waals surface area contributed by atoms with E-state index in [1.54, 1.807) is 6.21 Å². The number of amides is 1. The summed E-state index contributed by atoms with van der Waals surface area (Å²) in [5.74, 6) is 1.54. The minimum Gasteiger partial charge on any atom is -0.493 e. The summed E-state index contributed by atoms with van der Waals surface area (Å²) in [6.07, 6.45) is 1.63. The Kier molecular flexibility index (Phi) is 7.54. The predicted octanol–water partition coefficient (Wildman–Crippen LogP) is 4.27. The number of thioether (sulfide) groups is 1. The van der Waals surface area contributed by atoms with Crippen molar-refractivity contribution in [3.05, 3.63) is 59.7 Å². The first kappa shape index (κ1) is 19.1. The third kappa shape index (κ3) is 7.44. The van der Waals surface area contributed by atoms with Crippen LogP contribution in [0.5, 0.6) is 5.75 Å². The Hall–Kier alpha value is -2.27. The van der Waals surface area contributed by atoms with Crippen LogP contribution in [0, 0.1) is 12.8 Å². The van der Waals surface area contributed by atoms with Gasteiger partial charge in [-0.1, -0.05) is 31.5 Å². The predicted molar refractivity (Wildman–Crippen MR) is 104 cm³/mol. The highest BCUT2D eigenvalue weighted by Gasteiger charge is 2.01. The Morgan fingerprint density at radius 1 is 1.16 bits per heavy atom. The van der Waals surface area contributed by atoms with Crippen LogP contribution in [0.2, 0.25) is 0 Å². The quantitative estimate of drug-likeness (QED) is 0.436. The molecule has 132 valence electrons. The van der Waals surface area contributed by atoms with Crippen molar-refractivity contribution in [3.8, 4) is 5.75 Å². The molecular formula is C20H24N2O2S. The maximum atomic E-state index is 11.8. The van der Waals surface area contributed by atoms with E-state index in [-0.39, 0.29) is 5.91 Å². The molecule has 0 spiro atoms. The molecule has 0 heterocycles. The van der Waals surface area contributed by atoms with Gasteiger partial charge in [-0.25, -0.2) is 5.43 Å². The van der Waals surface area contributed by atoms with E-state index in [0.717, 1.165) is 16.2 Å². The van der Waals surface area contributed by atoms with E-state index in [9.17, 15) is 4.79 Å². The number of nitrogens with zero attached hydrogens (tertiary/aromatic N) is 1. The molecule has 0 bridgehead atoms. The van der Waals surface area contributed by atoms with Crippen LogP contribution in [0.3, 0.4) is 0 Å². The van der Waals surface area contributed by atoms with E-state index in [2.05, 4.69) is 24.4 Å². The smallest absolute Gasteiger partial charge is 0.250 e. The van der Waals surface area contributed by atoms with Crippen LogP contribution in [-0.2, 0) is 4.79 Å². The van der Waals surface area contributed by atoms with Crippen LogP contribution < -0.4 is 10.2 Å². The number of hydrogen-bond donors (Lipinski definition) is 1. The monoisotopic (exact) mass is 356 g/mol. The van der Waals surface area contributed by atoms with Gasteiger partial charge in [-0.15, -0.1) is 11.8 Å². The lowest BCUT2D eigenvalue weighted by Gasteiger charge is -2.08. The Bertz CT molecular complexity index is 695. The molecule has 2 rings (SSSR count). The van der Waals surface area contributed by atoms with Gasteiger partial charge in [-0.05, 0) is 54.8 Å². The Labute approximate surface area is 153 Å². The molecule has 1 N–H and O–H groups in total. The van der Waals surface area contributed by atoms with E-state index >= 15 is 0 Å². The molecule has 0 aliphatic rings. The molecule has 0 aromatic heterocycles. The Morgan fingerprint density at radius 2 is 1.84 bits per heavy atom. The third-order valence-corrected chi connectivity index (χ3v) is 4.27. The summed E-state index contributed by atoms with van der Waals surface area (Å²) in [6.45, 7) is 6.96. The molecule has 0 fully saturated rings. The van der Waals surface area contributed by atoms with E-state index in [1.165, 1.54) is 17.3 Å². The molecule has 0 atom stereocenters. The minimum atomic E-state index is -0.126. The highest BCUT2D eigenvalue weighted by atomic mass is 32.2. The number of carbonyl (C=O) groups excluding carboxylic acids is 1. The van der Waals surface area contributed by atoms with Gasteiger partial charge in [0.1, 0.15) is 5.75 Å². The second-order valence-electron chi connectivity index (χ2n) is 6.17. The fourth-order valence-corrected chi connectivity index (χ4v) is 2.60. The van der Waals surface area contributed by atoms with E-state index < -0.39 is 0 Å². The first-order valence-electron chi connectivity index (χ1n) is 8.27. The number of benzene rings is 2. The van der Waals surface area contributed by atoms with Crippen LogP contribution >= 0.6 is 11.8 Å². The fourth-order valence-electron chi connectivity index (χ4n) is 1.91. The van der Waals surface area contributed by atoms with Crippen molar-refractivity contribution in [2.45, 2.75) is 25.7 Å². The van der Waals surface area contributed by atoms with Gasteiger partial charge in [0.25, 0.3) is 0 Å². The van der Waals surface area contributed by atoms with Crippen molar-refractivity contribution in [1.29, 1.82) is 0 Å². The Balaban J connectivity index is 1.74. The molecule has 0 radical (unpaired) electrons. The SMILES string of the molecule is Cc1ccc(SCC(=O)N/N=C\c2ccc(OCC(C)C)cc2)cc1. The topological polar surface area (TPSA) is 50.7 Å². The van der Waals surface area contributed by atoms with Crippen molar-refractivity contribution in [3.63, 3.8) is 0 Å². The standard InChI is InChI=1S/C20H24N2O2S/c1-15(2)13-24-18-8-6-17(7-9-18)12-21-22-20(23)14-25-19-10-4-16(3)5-11-19/h4-12,15H,13-14H2,1-3H3,(H,22,23)/b21-12-. The van der Waals surface area contributed by atoms with Gasteiger partial charge in [0.15, 0.2) is 0 Å². The van der Waals surface area contributed by atoms with Crippen LogP contribution in [0.4, 0.5) is 0 Å². The van der Waals surface area contributed by atoms with Crippen molar-refractivity contribution in [2.75, 3.05) is 12.4 Å². The molecule has 0 aliphatic carbocycles. The summed E-state index contributed by atoms with van der Waals surface area (Å²) in [5, 5.41) is 3.99. The average Bonchev–Trinajstić information content (AvgIpc) is 2.60. The van der Waals surface area contributed by atoms with Crippen molar-refractivity contribution < 1.29 is 9.53 Å². The molecule has 0 saturated heterocycles. The zero-order valence-electron chi connectivity index (χ0n) is 14.9. The normalized spacial score (nSPS) is 11.0. The molecule has 2 aromatic rings. The van der Waals surface area contributed by atoms with Gasteiger partial charge in [0.05, 0.1) is 18.6 Å². The van der Waals surface area contributed by atoms with Gasteiger partial charge in [-0.3, -0.25) is 4.79 Å². The summed E-state index contributed by atoms with van der Waals surface area (Å²) in [6, 6.07) is 15.7. The summed E-state index contributed by atoms with van der Waals surface area (Å²) in [5.41, 5.74) is 4.66. The number of ether oxygens (including phenoxy) is 1. The largest absolute Gasteiger partial charge is 0.493 e. The van der Waals surface area contributed by atoms with E-state index in [4.69, 9.17) is 4.74 Å². The fraction of sp³-hybridized carbons (Fsp3) is 0.300. The van der Waals surface area contributed by atoms with Crippen LogP contribution in [0.15, 0.2) is 58.5 Å². The van der Waals surface area contributed by atoms with Gasteiger partial charge in [-0.2, -0.15) is 5.10 Å². The number of rotatable bonds is 8. The molecule has 0 aliphatic heterocycles. The van der Waals surface area contributed by atoms with Crippen molar-refractivity contribution in [2.24, 2.45) is 11.0 Å². The molecule has 4 nitrogen and oxygen atoms in total. The molecule has 25 heavy (non-hydrogen) atoms. The summed E-state index contributed by atoms with van der Waals surface area (Å²) >= 11 is 1.49. The zero-order valence-corrected chi connectivity index (χ0v) is 15.7. The summed E-state index contributed by atoms with van der Waals surface area (Å²) < 4.78 is 5.63. The number of hydrogen-bond acceptors (Lipinski definition) is 4. The van der Waals surface area contributed by atoms with Crippen molar-refractivity contribution >= 4 is 23.9 Å². The van der Waals surface area contributed by atoms with Crippen LogP contribution in [0.1, 0.15) is 25.0 Å². The average molecular weight is 356 g/mol. The highest BCUT2D eigenvalue weighted by Crippen LogP contribution is 2.17. The van der Waals surface area contributed by atoms with E-state index in [1.807, 2.05) is 55.5 Å². The summed E-state index contributed by atoms with van der Waals surface area (Å²) in [4.78, 5) is 12.9. The molecule has 0 unspecified atom stereocenters. The second-order valence-corrected chi connectivity index (χ2v) is 7.22. The molecule has 5 heteroatoms. The maximum absolute atomic E-state index is 11.8. The van der Waals surface area contributed by atoms with Gasteiger partial charge in [0, 0.05) is 4.90 Å². The lowest BCUT2D eigenvalue weighted by molar-refractivity contribution is -0.118. The molecule has 1 amide bonds. The van der Waals surface area contributed by atoms with Crippen LogP contribution in [0.25, 0.3) is 0 Å². The summed E-state index contributed by atoms with van der Waals surface area (Å²) in [7, 11) is 0. The zero-order chi connectivity index (χ0) is 18.1. The molecule has 0 saturated carbocycles. The maximum Gasteiger partial charge on any atom is 0.250 e. The number of carbonyl (C=O) groups is 1. The highest BCUT2D eigenvalue weighted by molar-refractivity contribution is 8.00. The van der Waals surface area contributed by atoms with Gasteiger partial charge in [0.2, 0.25) is 5.91 Å². The van der Waals surface area contributed by atoms with Crippen molar-refractivity contribution in [1.82, 2.24) is 5.43 Å². The van der Waals surface area contributed by atoms with Gasteiger partial charge < -0.3 is 4.74 Å². The van der Waals surface area contributed by atoms with E-state index in [0.29, 0.717) is 18.3 Å².